The van der Waals surface area contributed by atoms with Gasteiger partial charge in [0.25, 0.3) is 0 Å². The maximum absolute atomic E-state index is 12.3. The summed E-state index contributed by atoms with van der Waals surface area (Å²) in [5.41, 5.74) is 0.582. The van der Waals surface area contributed by atoms with Crippen LogP contribution in [0, 0.1) is 5.92 Å². The second-order valence-corrected chi connectivity index (χ2v) is 7.66. The van der Waals surface area contributed by atoms with Crippen molar-refractivity contribution in [2.75, 3.05) is 0 Å². The Hall–Kier alpha value is -0.430. The van der Waals surface area contributed by atoms with Crippen molar-refractivity contribution in [3.8, 4) is 0 Å². The molecule has 0 amide bonds. The Bertz CT molecular complexity index is 555. The van der Waals surface area contributed by atoms with E-state index in [-0.39, 0.29) is 17.5 Å². The average Bonchev–Trinajstić information content (AvgIpc) is 3.12. The molecule has 19 heavy (non-hydrogen) atoms. The van der Waals surface area contributed by atoms with E-state index in [9.17, 15) is 8.42 Å². The third kappa shape index (κ3) is 4.02. The van der Waals surface area contributed by atoms with E-state index >= 15 is 0 Å². The molecule has 2 N–H and O–H groups in total. The van der Waals surface area contributed by atoms with E-state index in [1.165, 1.54) is 18.9 Å². The summed E-state index contributed by atoms with van der Waals surface area (Å²) >= 11 is 3.25. The highest BCUT2D eigenvalue weighted by Crippen LogP contribution is 2.34. The maximum atomic E-state index is 12.3. The Morgan fingerprint density at radius 3 is 2.74 bits per heavy atom. The second-order valence-electron chi connectivity index (χ2n) is 5.12. The minimum absolute atomic E-state index is 0.0674. The number of hydrogen-bond acceptors (Lipinski definition) is 3. The van der Waals surface area contributed by atoms with Gasteiger partial charge in [0.15, 0.2) is 0 Å². The Labute approximate surface area is 122 Å². The quantitative estimate of drug-likeness (QED) is 0.830. The average molecular weight is 348 g/mol. The lowest BCUT2D eigenvalue weighted by molar-refractivity contribution is 0.281. The first-order valence-corrected chi connectivity index (χ1v) is 8.61. The van der Waals surface area contributed by atoms with Crippen LogP contribution in [0.1, 0.15) is 31.7 Å². The molecule has 0 bridgehead atoms. The highest BCUT2D eigenvalue weighted by molar-refractivity contribution is 9.10. The van der Waals surface area contributed by atoms with Crippen LogP contribution in [0.5, 0.6) is 0 Å². The van der Waals surface area contributed by atoms with Crippen molar-refractivity contribution in [3.63, 3.8) is 0 Å². The lowest BCUT2D eigenvalue weighted by atomic mass is 10.2. The van der Waals surface area contributed by atoms with Gasteiger partial charge in [-0.3, -0.25) is 0 Å². The van der Waals surface area contributed by atoms with Crippen LogP contribution in [0.4, 0.5) is 0 Å². The molecule has 1 fully saturated rings. The van der Waals surface area contributed by atoms with E-state index in [0.29, 0.717) is 16.0 Å². The summed E-state index contributed by atoms with van der Waals surface area (Å²) in [5.74, 6) is 0.671. The molecule has 2 rings (SSSR count). The van der Waals surface area contributed by atoms with E-state index in [1.807, 2.05) is 6.92 Å². The summed E-state index contributed by atoms with van der Waals surface area (Å²) in [6.45, 7) is 1.72. The summed E-state index contributed by atoms with van der Waals surface area (Å²) in [5, 5.41) is 9.10. The van der Waals surface area contributed by atoms with E-state index < -0.39 is 10.0 Å². The van der Waals surface area contributed by atoms with Gasteiger partial charge in [-0.05, 0) is 52.9 Å². The molecule has 1 aliphatic rings. The second kappa shape index (κ2) is 5.91. The maximum Gasteiger partial charge on any atom is 0.241 e. The number of benzene rings is 1. The molecule has 0 spiro atoms. The number of aliphatic hydroxyl groups excluding tert-OH is 1. The van der Waals surface area contributed by atoms with Crippen LogP contribution in [0.2, 0.25) is 0 Å². The molecule has 0 heterocycles. The largest absolute Gasteiger partial charge is 0.392 e. The fraction of sp³-hybridized carbons (Fsp3) is 0.538. The molecule has 0 saturated heterocycles. The molecular weight excluding hydrogens is 330 g/mol. The molecule has 1 aromatic carbocycles. The Balaban J connectivity index is 2.17. The fourth-order valence-electron chi connectivity index (χ4n) is 2.08. The van der Waals surface area contributed by atoms with E-state index in [1.54, 1.807) is 12.1 Å². The first-order valence-electron chi connectivity index (χ1n) is 6.34. The van der Waals surface area contributed by atoms with Gasteiger partial charge in [-0.15, -0.1) is 0 Å². The predicted octanol–water partition coefficient (Wildman–Crippen LogP) is 2.41. The van der Waals surface area contributed by atoms with Gasteiger partial charge in [-0.2, -0.15) is 0 Å². The van der Waals surface area contributed by atoms with Crippen LogP contribution < -0.4 is 4.72 Å². The van der Waals surface area contributed by atoms with Gasteiger partial charge in [0.1, 0.15) is 0 Å². The van der Waals surface area contributed by atoms with E-state index in [2.05, 4.69) is 20.7 Å². The van der Waals surface area contributed by atoms with Crippen molar-refractivity contribution >= 4 is 26.0 Å². The van der Waals surface area contributed by atoms with Gasteiger partial charge >= 0.3 is 0 Å². The number of rotatable bonds is 6. The van der Waals surface area contributed by atoms with Gasteiger partial charge in [0, 0.05) is 10.5 Å². The zero-order chi connectivity index (χ0) is 14.0. The van der Waals surface area contributed by atoms with Crippen molar-refractivity contribution in [1.29, 1.82) is 0 Å². The van der Waals surface area contributed by atoms with Crippen molar-refractivity contribution in [2.45, 2.75) is 43.7 Å². The van der Waals surface area contributed by atoms with Gasteiger partial charge in [-0.25, -0.2) is 13.1 Å². The summed E-state index contributed by atoms with van der Waals surface area (Å²) in [6.07, 6.45) is 3.29. The first-order chi connectivity index (χ1) is 8.92. The number of aliphatic hydroxyl groups is 1. The fourth-order valence-corrected chi connectivity index (χ4v) is 4.35. The smallest absolute Gasteiger partial charge is 0.241 e. The Kier molecular flexibility index (Phi) is 4.66. The molecule has 1 saturated carbocycles. The molecule has 0 aliphatic heterocycles. The number of sulfonamides is 1. The molecule has 1 unspecified atom stereocenters. The minimum atomic E-state index is -3.55. The first kappa shape index (κ1) is 15.0. The van der Waals surface area contributed by atoms with Crippen LogP contribution in [-0.2, 0) is 16.6 Å². The van der Waals surface area contributed by atoms with Gasteiger partial charge in [0.2, 0.25) is 10.0 Å². The minimum Gasteiger partial charge on any atom is -0.392 e. The number of nitrogens with one attached hydrogen (secondary N) is 1. The lowest BCUT2D eigenvalue weighted by Gasteiger charge is -2.15. The molecule has 4 nitrogen and oxygen atoms in total. The van der Waals surface area contributed by atoms with Crippen molar-refractivity contribution < 1.29 is 13.5 Å². The van der Waals surface area contributed by atoms with E-state index in [0.717, 1.165) is 6.42 Å². The molecule has 6 heteroatoms. The van der Waals surface area contributed by atoms with Crippen LogP contribution in [0.3, 0.4) is 0 Å². The predicted molar refractivity (Wildman–Crippen MR) is 77.2 cm³/mol. The molecule has 106 valence electrons. The SMILES string of the molecule is CC(CC1CC1)NS(=O)(=O)c1cc(CO)ccc1Br. The van der Waals surface area contributed by atoms with Crippen molar-refractivity contribution in [3.05, 3.63) is 28.2 Å². The van der Waals surface area contributed by atoms with Gasteiger partial charge in [0.05, 0.1) is 11.5 Å². The monoisotopic (exact) mass is 347 g/mol. The Morgan fingerprint density at radius 2 is 2.16 bits per heavy atom. The zero-order valence-corrected chi connectivity index (χ0v) is 13.2. The normalized spacial score (nSPS) is 17.4. The van der Waals surface area contributed by atoms with Crippen LogP contribution >= 0.6 is 15.9 Å². The Morgan fingerprint density at radius 1 is 1.47 bits per heavy atom. The topological polar surface area (TPSA) is 66.4 Å². The number of halogens is 1. The molecule has 1 aliphatic carbocycles. The molecular formula is C13H18BrNO3S. The third-order valence-electron chi connectivity index (χ3n) is 3.21. The zero-order valence-electron chi connectivity index (χ0n) is 10.8. The van der Waals surface area contributed by atoms with Gasteiger partial charge < -0.3 is 5.11 Å². The molecule has 0 aromatic heterocycles. The molecule has 1 atom stereocenters. The van der Waals surface area contributed by atoms with Crippen molar-refractivity contribution in [2.24, 2.45) is 5.92 Å². The summed E-state index contributed by atoms with van der Waals surface area (Å²) in [7, 11) is -3.55. The van der Waals surface area contributed by atoms with Crippen LogP contribution in [0.25, 0.3) is 0 Å². The van der Waals surface area contributed by atoms with Crippen LogP contribution in [-0.4, -0.2) is 19.6 Å². The summed E-state index contributed by atoms with van der Waals surface area (Å²) in [6, 6.07) is 4.76. The third-order valence-corrected chi connectivity index (χ3v) is 5.79. The van der Waals surface area contributed by atoms with Gasteiger partial charge in [-0.1, -0.05) is 18.9 Å². The molecule has 1 aromatic rings. The highest BCUT2D eigenvalue weighted by atomic mass is 79.9. The van der Waals surface area contributed by atoms with Crippen LogP contribution in [0.15, 0.2) is 27.6 Å². The van der Waals surface area contributed by atoms with E-state index in [4.69, 9.17) is 5.11 Å². The lowest BCUT2D eigenvalue weighted by Crippen LogP contribution is -2.33. The molecule has 0 radical (unpaired) electrons. The summed E-state index contributed by atoms with van der Waals surface area (Å²) in [4.78, 5) is 0.182. The number of hydrogen-bond donors (Lipinski definition) is 2. The van der Waals surface area contributed by atoms with Crippen molar-refractivity contribution in [1.82, 2.24) is 4.72 Å². The standard InChI is InChI=1S/C13H18BrNO3S/c1-9(6-10-2-3-10)15-19(17,18)13-7-11(8-16)4-5-12(13)14/h4-5,7,9-10,15-16H,2-3,6,8H2,1H3. The highest BCUT2D eigenvalue weighted by Gasteiger charge is 2.27. The summed E-state index contributed by atoms with van der Waals surface area (Å²) < 4.78 is 27.8.